The molecule has 1 rings (SSSR count). The number of nitrogens with zero attached hydrogens (tertiary/aromatic N) is 3. The maximum absolute atomic E-state index is 11.5. The Labute approximate surface area is 98.1 Å². The van der Waals surface area contributed by atoms with Crippen molar-refractivity contribution in [3.63, 3.8) is 0 Å². The van der Waals surface area contributed by atoms with Gasteiger partial charge in [0.25, 0.3) is 5.91 Å². The first-order chi connectivity index (χ1) is 8.17. The Balaban J connectivity index is 2.43. The van der Waals surface area contributed by atoms with E-state index in [4.69, 9.17) is 5.73 Å². The Bertz CT molecular complexity index is 390. The van der Waals surface area contributed by atoms with Crippen LogP contribution in [0.25, 0.3) is 0 Å². The van der Waals surface area contributed by atoms with Gasteiger partial charge in [-0.05, 0) is 6.92 Å². The number of nitrogens with two attached hydrogens (primary N) is 1. The molecule has 0 unspecified atom stereocenters. The number of nitrogens with one attached hydrogen (secondary N) is 1. The number of aromatic nitrogens is 3. The van der Waals surface area contributed by atoms with E-state index in [-0.39, 0.29) is 18.8 Å². The summed E-state index contributed by atoms with van der Waals surface area (Å²) in [6.07, 6.45) is 1.47. The van der Waals surface area contributed by atoms with Crippen molar-refractivity contribution in [2.45, 2.75) is 13.5 Å². The summed E-state index contributed by atoms with van der Waals surface area (Å²) in [5, 5.41) is 9.73. The first kappa shape index (κ1) is 13.1. The number of esters is 1. The Morgan fingerprint density at radius 1 is 1.59 bits per heavy atom. The van der Waals surface area contributed by atoms with Gasteiger partial charge in [0, 0.05) is 6.54 Å². The molecule has 3 N–H and O–H groups in total. The van der Waals surface area contributed by atoms with Gasteiger partial charge in [-0.3, -0.25) is 14.3 Å². The van der Waals surface area contributed by atoms with Crippen LogP contribution in [0.5, 0.6) is 0 Å². The zero-order chi connectivity index (χ0) is 12.7. The molecule has 0 aliphatic carbocycles. The maximum Gasteiger partial charge on any atom is 0.325 e. The molecule has 0 aliphatic heterocycles. The molecule has 1 aromatic rings. The zero-order valence-electron chi connectivity index (χ0n) is 9.55. The van der Waals surface area contributed by atoms with Gasteiger partial charge in [-0.1, -0.05) is 5.21 Å². The zero-order valence-corrected chi connectivity index (χ0v) is 9.55. The highest BCUT2D eigenvalue weighted by molar-refractivity contribution is 5.93. The summed E-state index contributed by atoms with van der Waals surface area (Å²) in [4.78, 5) is 22.5. The van der Waals surface area contributed by atoms with Crippen molar-refractivity contribution in [1.29, 1.82) is 0 Å². The third-order valence-electron chi connectivity index (χ3n) is 1.83. The number of ether oxygens (including phenoxy) is 1. The van der Waals surface area contributed by atoms with E-state index in [2.05, 4.69) is 20.4 Å². The molecular weight excluding hydrogens is 226 g/mol. The van der Waals surface area contributed by atoms with E-state index in [0.717, 1.165) is 0 Å². The fraction of sp³-hybridized carbons (Fsp3) is 0.556. The number of hydrogen-bond donors (Lipinski definition) is 2. The van der Waals surface area contributed by atoms with Crippen LogP contribution in [0.4, 0.5) is 0 Å². The molecule has 17 heavy (non-hydrogen) atoms. The van der Waals surface area contributed by atoms with E-state index in [9.17, 15) is 9.59 Å². The Hall–Kier alpha value is -1.96. The molecule has 1 amide bonds. The monoisotopic (exact) mass is 241 g/mol. The van der Waals surface area contributed by atoms with E-state index >= 15 is 0 Å². The van der Waals surface area contributed by atoms with Crippen LogP contribution in [0.1, 0.15) is 17.4 Å². The van der Waals surface area contributed by atoms with Crippen LogP contribution in [0, 0.1) is 0 Å². The van der Waals surface area contributed by atoms with E-state index < -0.39 is 11.9 Å². The summed E-state index contributed by atoms with van der Waals surface area (Å²) in [6.45, 7) is 2.68. The standard InChI is InChI=1S/C9H15N5O3/c1-2-17-8(15)5-11-9(16)7-6-14(4-3-10)13-12-7/h6H,2-5,10H2,1H3,(H,11,16). The first-order valence-corrected chi connectivity index (χ1v) is 5.21. The van der Waals surface area contributed by atoms with Crippen molar-refractivity contribution in [3.8, 4) is 0 Å². The molecular formula is C9H15N5O3. The predicted molar refractivity (Wildman–Crippen MR) is 58.0 cm³/mol. The van der Waals surface area contributed by atoms with Gasteiger partial charge in [0.15, 0.2) is 5.69 Å². The van der Waals surface area contributed by atoms with Gasteiger partial charge < -0.3 is 15.8 Å². The molecule has 0 aliphatic rings. The molecule has 8 nitrogen and oxygen atoms in total. The minimum absolute atomic E-state index is 0.141. The molecule has 0 saturated carbocycles. The molecule has 0 spiro atoms. The third kappa shape index (κ3) is 4.19. The molecule has 94 valence electrons. The van der Waals surface area contributed by atoms with Crippen molar-refractivity contribution in [2.24, 2.45) is 5.73 Å². The molecule has 8 heteroatoms. The number of hydrogen-bond acceptors (Lipinski definition) is 6. The second-order valence-electron chi connectivity index (χ2n) is 3.14. The molecule has 0 radical (unpaired) electrons. The van der Waals surface area contributed by atoms with Gasteiger partial charge in [-0.2, -0.15) is 0 Å². The summed E-state index contributed by atoms with van der Waals surface area (Å²) >= 11 is 0. The third-order valence-corrected chi connectivity index (χ3v) is 1.83. The fourth-order valence-electron chi connectivity index (χ4n) is 1.10. The Morgan fingerprint density at radius 3 is 3.00 bits per heavy atom. The van der Waals surface area contributed by atoms with Crippen molar-refractivity contribution in [1.82, 2.24) is 20.3 Å². The quantitative estimate of drug-likeness (QED) is 0.588. The lowest BCUT2D eigenvalue weighted by molar-refractivity contribution is -0.141. The smallest absolute Gasteiger partial charge is 0.325 e. The number of carbonyl (C=O) groups is 2. The van der Waals surface area contributed by atoms with E-state index in [1.165, 1.54) is 10.9 Å². The van der Waals surface area contributed by atoms with Gasteiger partial charge in [0.1, 0.15) is 6.54 Å². The minimum Gasteiger partial charge on any atom is -0.465 e. The molecule has 1 aromatic heterocycles. The van der Waals surface area contributed by atoms with Gasteiger partial charge in [-0.15, -0.1) is 5.10 Å². The van der Waals surface area contributed by atoms with Crippen LogP contribution < -0.4 is 11.1 Å². The van der Waals surface area contributed by atoms with Crippen LogP contribution in [-0.4, -0.2) is 46.6 Å². The summed E-state index contributed by atoms with van der Waals surface area (Å²) < 4.78 is 6.12. The van der Waals surface area contributed by atoms with Crippen molar-refractivity contribution in [2.75, 3.05) is 19.7 Å². The van der Waals surface area contributed by atoms with Crippen molar-refractivity contribution >= 4 is 11.9 Å². The van der Waals surface area contributed by atoms with E-state index in [1.54, 1.807) is 6.92 Å². The topological polar surface area (TPSA) is 112 Å². The summed E-state index contributed by atoms with van der Waals surface area (Å²) in [6, 6.07) is 0. The van der Waals surface area contributed by atoms with Gasteiger partial charge >= 0.3 is 5.97 Å². The van der Waals surface area contributed by atoms with Crippen molar-refractivity contribution in [3.05, 3.63) is 11.9 Å². The number of carbonyl (C=O) groups excluding carboxylic acids is 2. The summed E-state index contributed by atoms with van der Waals surface area (Å²) in [7, 11) is 0. The highest BCUT2D eigenvalue weighted by Crippen LogP contribution is 1.92. The molecule has 0 bridgehead atoms. The molecule has 0 aromatic carbocycles. The lowest BCUT2D eigenvalue weighted by Gasteiger charge is -2.02. The van der Waals surface area contributed by atoms with Gasteiger partial charge in [-0.25, -0.2) is 0 Å². The normalized spacial score (nSPS) is 10.0. The van der Waals surface area contributed by atoms with Crippen LogP contribution in [0.2, 0.25) is 0 Å². The van der Waals surface area contributed by atoms with Crippen LogP contribution in [-0.2, 0) is 16.1 Å². The Morgan fingerprint density at radius 2 is 2.35 bits per heavy atom. The molecule has 0 fully saturated rings. The fourth-order valence-corrected chi connectivity index (χ4v) is 1.10. The number of rotatable bonds is 6. The number of amides is 1. The second-order valence-corrected chi connectivity index (χ2v) is 3.14. The van der Waals surface area contributed by atoms with Gasteiger partial charge in [0.05, 0.1) is 19.3 Å². The average Bonchev–Trinajstić information content (AvgIpc) is 2.75. The summed E-state index contributed by atoms with van der Waals surface area (Å²) in [5.41, 5.74) is 5.47. The highest BCUT2D eigenvalue weighted by Gasteiger charge is 2.12. The van der Waals surface area contributed by atoms with E-state index in [0.29, 0.717) is 13.1 Å². The largest absolute Gasteiger partial charge is 0.465 e. The maximum atomic E-state index is 11.5. The van der Waals surface area contributed by atoms with Crippen LogP contribution in [0.15, 0.2) is 6.20 Å². The average molecular weight is 241 g/mol. The SMILES string of the molecule is CCOC(=O)CNC(=O)c1cn(CCN)nn1. The molecule has 0 atom stereocenters. The first-order valence-electron chi connectivity index (χ1n) is 5.21. The Kier molecular flexibility index (Phi) is 5.08. The van der Waals surface area contributed by atoms with E-state index in [1.807, 2.05) is 0 Å². The van der Waals surface area contributed by atoms with Crippen LogP contribution in [0.3, 0.4) is 0 Å². The predicted octanol–water partition coefficient (Wildman–Crippen LogP) is -1.47. The lowest BCUT2D eigenvalue weighted by atomic mass is 10.4. The highest BCUT2D eigenvalue weighted by atomic mass is 16.5. The van der Waals surface area contributed by atoms with Crippen molar-refractivity contribution < 1.29 is 14.3 Å². The second kappa shape index (κ2) is 6.59. The lowest BCUT2D eigenvalue weighted by Crippen LogP contribution is -2.30. The molecule has 0 saturated heterocycles. The minimum atomic E-state index is -0.491. The summed E-state index contributed by atoms with van der Waals surface area (Å²) in [5.74, 6) is -0.962. The van der Waals surface area contributed by atoms with Crippen LogP contribution >= 0.6 is 0 Å². The van der Waals surface area contributed by atoms with Gasteiger partial charge in [0.2, 0.25) is 0 Å². The molecule has 1 heterocycles.